The molecule has 0 unspecified atom stereocenters. The molecule has 2 aromatic rings. The zero-order valence-electron chi connectivity index (χ0n) is 9.57. The lowest BCUT2D eigenvalue weighted by molar-refractivity contribution is 0.103. The summed E-state index contributed by atoms with van der Waals surface area (Å²) < 4.78 is 5.35. The lowest BCUT2D eigenvalue weighted by Crippen LogP contribution is -2.02. The normalized spacial score (nSPS) is 10.4. The number of carbonyl (C=O) groups excluding carboxylic acids is 1. The third-order valence-corrected chi connectivity index (χ3v) is 2.42. The Hall–Kier alpha value is -1.90. The zero-order valence-corrected chi connectivity index (χ0v) is 9.57. The van der Waals surface area contributed by atoms with E-state index in [2.05, 4.69) is 4.98 Å². The number of aryl methyl sites for hydroxylation is 3. The second-order valence-corrected chi connectivity index (χ2v) is 3.91. The Kier molecular flexibility index (Phi) is 2.60. The summed E-state index contributed by atoms with van der Waals surface area (Å²) in [7, 11) is 0. The van der Waals surface area contributed by atoms with Crippen LogP contribution in [-0.2, 0) is 0 Å². The van der Waals surface area contributed by atoms with Crippen LogP contribution in [-0.4, -0.2) is 10.8 Å². The molecule has 2 rings (SSSR count). The maximum absolute atomic E-state index is 12.1. The number of pyridine rings is 1. The molecule has 0 saturated carbocycles. The predicted octanol–water partition coefficient (Wildman–Crippen LogP) is 2.83. The molecule has 0 spiro atoms. The molecule has 0 bridgehead atoms. The molecule has 2 aromatic heterocycles. The van der Waals surface area contributed by atoms with Gasteiger partial charge >= 0.3 is 0 Å². The highest BCUT2D eigenvalue weighted by Gasteiger charge is 2.15. The van der Waals surface area contributed by atoms with E-state index in [-0.39, 0.29) is 5.78 Å². The molecule has 0 fully saturated rings. The Labute approximate surface area is 94.1 Å². The van der Waals surface area contributed by atoms with E-state index < -0.39 is 0 Å². The first kappa shape index (κ1) is 10.6. The molecule has 0 saturated heterocycles. The number of nitrogens with zero attached hydrogens (tertiary/aromatic N) is 1. The van der Waals surface area contributed by atoms with Crippen molar-refractivity contribution < 1.29 is 9.21 Å². The summed E-state index contributed by atoms with van der Waals surface area (Å²) in [5.74, 6) is 1.37. The van der Waals surface area contributed by atoms with Crippen molar-refractivity contribution in [1.82, 2.24) is 4.98 Å². The molecule has 0 aliphatic rings. The van der Waals surface area contributed by atoms with Crippen molar-refractivity contribution in [3.05, 3.63) is 52.7 Å². The topological polar surface area (TPSA) is 43.1 Å². The van der Waals surface area contributed by atoms with Crippen LogP contribution in [0.25, 0.3) is 0 Å². The Morgan fingerprint density at radius 3 is 2.50 bits per heavy atom. The highest BCUT2D eigenvalue weighted by molar-refractivity contribution is 6.09. The SMILES string of the molecule is Cc1cncc(C(=O)c2cc(C)oc2C)c1. The largest absolute Gasteiger partial charge is 0.466 e. The maximum atomic E-state index is 12.1. The van der Waals surface area contributed by atoms with Gasteiger partial charge in [0.1, 0.15) is 11.5 Å². The van der Waals surface area contributed by atoms with E-state index in [4.69, 9.17) is 4.42 Å². The Morgan fingerprint density at radius 1 is 1.19 bits per heavy atom. The molecular formula is C13H13NO2. The second kappa shape index (κ2) is 3.93. The standard InChI is InChI=1S/C13H13NO2/c1-8-4-11(7-14-6-8)13(15)12-5-9(2)16-10(12)3/h4-7H,1-3H3. The molecule has 3 heteroatoms. The minimum atomic E-state index is -0.0365. The van der Waals surface area contributed by atoms with Gasteiger partial charge in [-0.05, 0) is 38.5 Å². The van der Waals surface area contributed by atoms with Crippen LogP contribution in [0.3, 0.4) is 0 Å². The van der Waals surface area contributed by atoms with Gasteiger partial charge in [0.25, 0.3) is 0 Å². The van der Waals surface area contributed by atoms with E-state index >= 15 is 0 Å². The first-order valence-corrected chi connectivity index (χ1v) is 5.11. The minimum Gasteiger partial charge on any atom is -0.466 e. The molecule has 0 radical (unpaired) electrons. The van der Waals surface area contributed by atoms with Gasteiger partial charge in [-0.15, -0.1) is 0 Å². The Bertz CT molecular complexity index is 541. The van der Waals surface area contributed by atoms with Gasteiger partial charge in [0.2, 0.25) is 0 Å². The quantitative estimate of drug-likeness (QED) is 0.723. The number of furan rings is 1. The van der Waals surface area contributed by atoms with Crippen molar-refractivity contribution in [3.63, 3.8) is 0 Å². The van der Waals surface area contributed by atoms with Gasteiger partial charge in [-0.1, -0.05) is 0 Å². The van der Waals surface area contributed by atoms with Crippen LogP contribution >= 0.6 is 0 Å². The fourth-order valence-electron chi connectivity index (χ4n) is 1.69. The predicted molar refractivity (Wildman–Crippen MR) is 60.6 cm³/mol. The number of hydrogen-bond acceptors (Lipinski definition) is 3. The molecule has 0 aromatic carbocycles. The molecular weight excluding hydrogens is 202 g/mol. The van der Waals surface area contributed by atoms with Gasteiger partial charge in [-0.3, -0.25) is 9.78 Å². The zero-order chi connectivity index (χ0) is 11.7. The van der Waals surface area contributed by atoms with Crippen molar-refractivity contribution in [2.45, 2.75) is 20.8 Å². The summed E-state index contributed by atoms with van der Waals surface area (Å²) in [6.45, 7) is 5.54. The Balaban J connectivity index is 2.43. The molecule has 16 heavy (non-hydrogen) atoms. The summed E-state index contributed by atoms with van der Waals surface area (Å²) in [5.41, 5.74) is 2.19. The summed E-state index contributed by atoms with van der Waals surface area (Å²) in [4.78, 5) is 16.1. The molecule has 0 atom stereocenters. The van der Waals surface area contributed by atoms with Crippen LogP contribution < -0.4 is 0 Å². The number of carbonyl (C=O) groups is 1. The van der Waals surface area contributed by atoms with Crippen molar-refractivity contribution in [2.75, 3.05) is 0 Å². The van der Waals surface area contributed by atoms with Crippen LogP contribution in [0.4, 0.5) is 0 Å². The summed E-state index contributed by atoms with van der Waals surface area (Å²) in [6, 6.07) is 3.59. The first-order chi connectivity index (χ1) is 7.58. The average molecular weight is 215 g/mol. The third kappa shape index (κ3) is 1.89. The molecule has 2 heterocycles. The van der Waals surface area contributed by atoms with E-state index in [1.54, 1.807) is 25.4 Å². The van der Waals surface area contributed by atoms with E-state index in [1.807, 2.05) is 19.9 Å². The fraction of sp³-hybridized carbons (Fsp3) is 0.231. The second-order valence-electron chi connectivity index (χ2n) is 3.91. The van der Waals surface area contributed by atoms with Gasteiger partial charge < -0.3 is 4.42 Å². The highest BCUT2D eigenvalue weighted by atomic mass is 16.3. The van der Waals surface area contributed by atoms with Crippen LogP contribution in [0.2, 0.25) is 0 Å². The van der Waals surface area contributed by atoms with Gasteiger partial charge in [0.15, 0.2) is 5.78 Å². The monoisotopic (exact) mass is 215 g/mol. The van der Waals surface area contributed by atoms with Crippen molar-refractivity contribution in [1.29, 1.82) is 0 Å². The summed E-state index contributed by atoms with van der Waals surface area (Å²) >= 11 is 0. The van der Waals surface area contributed by atoms with E-state index in [9.17, 15) is 4.79 Å². The minimum absolute atomic E-state index is 0.0365. The van der Waals surface area contributed by atoms with Crippen molar-refractivity contribution in [2.24, 2.45) is 0 Å². The van der Waals surface area contributed by atoms with Crippen LogP contribution in [0, 0.1) is 20.8 Å². The van der Waals surface area contributed by atoms with E-state index in [1.165, 1.54) is 0 Å². The molecule has 82 valence electrons. The number of aromatic nitrogens is 1. The molecule has 0 N–H and O–H groups in total. The van der Waals surface area contributed by atoms with E-state index in [0.717, 1.165) is 11.3 Å². The van der Waals surface area contributed by atoms with Gasteiger partial charge in [-0.2, -0.15) is 0 Å². The average Bonchev–Trinajstić information content (AvgIpc) is 2.57. The highest BCUT2D eigenvalue weighted by Crippen LogP contribution is 2.18. The third-order valence-electron chi connectivity index (χ3n) is 2.42. The van der Waals surface area contributed by atoms with Crippen molar-refractivity contribution >= 4 is 5.78 Å². The van der Waals surface area contributed by atoms with Crippen LogP contribution in [0.5, 0.6) is 0 Å². The molecule has 0 aliphatic heterocycles. The lowest BCUT2D eigenvalue weighted by Gasteiger charge is -1.99. The fourth-order valence-corrected chi connectivity index (χ4v) is 1.69. The van der Waals surface area contributed by atoms with E-state index in [0.29, 0.717) is 16.9 Å². The van der Waals surface area contributed by atoms with Crippen LogP contribution in [0.1, 0.15) is 33.0 Å². The number of ketones is 1. The Morgan fingerprint density at radius 2 is 1.94 bits per heavy atom. The summed E-state index contributed by atoms with van der Waals surface area (Å²) in [6.07, 6.45) is 3.31. The van der Waals surface area contributed by atoms with Gasteiger partial charge in [0, 0.05) is 18.0 Å². The number of hydrogen-bond donors (Lipinski definition) is 0. The smallest absolute Gasteiger partial charge is 0.198 e. The maximum Gasteiger partial charge on any atom is 0.198 e. The van der Waals surface area contributed by atoms with Crippen LogP contribution in [0.15, 0.2) is 28.9 Å². The van der Waals surface area contributed by atoms with Gasteiger partial charge in [-0.25, -0.2) is 0 Å². The lowest BCUT2D eigenvalue weighted by atomic mass is 10.0. The van der Waals surface area contributed by atoms with Gasteiger partial charge in [0.05, 0.1) is 5.56 Å². The van der Waals surface area contributed by atoms with Crippen molar-refractivity contribution in [3.8, 4) is 0 Å². The first-order valence-electron chi connectivity index (χ1n) is 5.11. The molecule has 3 nitrogen and oxygen atoms in total. The molecule has 0 aliphatic carbocycles. The number of rotatable bonds is 2. The summed E-state index contributed by atoms with van der Waals surface area (Å²) in [5, 5.41) is 0. The molecule has 0 amide bonds.